The summed E-state index contributed by atoms with van der Waals surface area (Å²) in [5.41, 5.74) is 3.63. The van der Waals surface area contributed by atoms with E-state index in [4.69, 9.17) is 9.15 Å². The van der Waals surface area contributed by atoms with Gasteiger partial charge in [-0.25, -0.2) is 4.79 Å². The van der Waals surface area contributed by atoms with Crippen molar-refractivity contribution in [1.29, 1.82) is 0 Å². The second-order valence-electron chi connectivity index (χ2n) is 5.57. The van der Waals surface area contributed by atoms with E-state index in [-0.39, 0.29) is 11.5 Å². The number of rotatable bonds is 4. The van der Waals surface area contributed by atoms with Gasteiger partial charge in [0.05, 0.1) is 0 Å². The molecule has 0 radical (unpaired) electrons. The molecule has 0 bridgehead atoms. The van der Waals surface area contributed by atoms with Crippen LogP contribution in [0.2, 0.25) is 0 Å². The Labute approximate surface area is 130 Å². The molecule has 1 atom stereocenters. The number of ketones is 1. The predicted octanol–water partition coefficient (Wildman–Crippen LogP) is 3.94. The monoisotopic (exact) mass is 300 g/mol. The molecule has 0 fully saturated rings. The first-order valence-electron chi connectivity index (χ1n) is 7.19. The van der Waals surface area contributed by atoms with E-state index < -0.39 is 12.1 Å². The number of hydrogen-bond acceptors (Lipinski definition) is 4. The summed E-state index contributed by atoms with van der Waals surface area (Å²) in [4.78, 5) is 24.4. The molecule has 0 aliphatic carbocycles. The van der Waals surface area contributed by atoms with Gasteiger partial charge < -0.3 is 9.15 Å². The molecule has 1 aromatic heterocycles. The minimum absolute atomic E-state index is 0.106. The van der Waals surface area contributed by atoms with Crippen molar-refractivity contribution < 1.29 is 18.7 Å². The fourth-order valence-electron chi connectivity index (χ4n) is 2.26. The van der Waals surface area contributed by atoms with Crippen LogP contribution in [0.3, 0.4) is 0 Å². The molecular weight excluding hydrogens is 280 g/mol. The Morgan fingerprint density at radius 3 is 2.23 bits per heavy atom. The molecule has 0 aliphatic heterocycles. The molecule has 2 rings (SSSR count). The first-order valence-corrected chi connectivity index (χ1v) is 7.19. The van der Waals surface area contributed by atoms with Crippen LogP contribution in [-0.4, -0.2) is 17.9 Å². The summed E-state index contributed by atoms with van der Waals surface area (Å²) in [6.07, 6.45) is -0.862. The van der Waals surface area contributed by atoms with Gasteiger partial charge in [0.15, 0.2) is 6.10 Å². The van der Waals surface area contributed by atoms with E-state index in [2.05, 4.69) is 0 Å². The number of furan rings is 1. The molecule has 0 spiro atoms. The van der Waals surface area contributed by atoms with Crippen LogP contribution in [0.5, 0.6) is 0 Å². The molecule has 0 unspecified atom stereocenters. The minimum atomic E-state index is -0.862. The molecule has 4 nitrogen and oxygen atoms in total. The van der Waals surface area contributed by atoms with E-state index in [1.165, 1.54) is 6.07 Å². The molecule has 2 aromatic rings. The highest BCUT2D eigenvalue weighted by Crippen LogP contribution is 2.18. The molecule has 0 N–H and O–H groups in total. The summed E-state index contributed by atoms with van der Waals surface area (Å²) in [6, 6.07) is 7.02. The van der Waals surface area contributed by atoms with Crippen molar-refractivity contribution >= 4 is 11.8 Å². The van der Waals surface area contributed by atoms with Crippen LogP contribution in [0.15, 0.2) is 28.7 Å². The van der Waals surface area contributed by atoms with Crippen LogP contribution in [0, 0.1) is 27.7 Å². The van der Waals surface area contributed by atoms with E-state index >= 15 is 0 Å². The number of ether oxygens (including phenoxy) is 1. The van der Waals surface area contributed by atoms with Gasteiger partial charge in [-0.15, -0.1) is 0 Å². The van der Waals surface area contributed by atoms with Gasteiger partial charge in [0.2, 0.25) is 11.5 Å². The maximum atomic E-state index is 12.5. The van der Waals surface area contributed by atoms with Crippen molar-refractivity contribution in [3.8, 4) is 0 Å². The van der Waals surface area contributed by atoms with Crippen LogP contribution in [0.1, 0.15) is 50.3 Å². The number of carbonyl (C=O) groups is 2. The number of benzene rings is 1. The SMILES string of the molecule is Cc1ccc(C(=O)O[C@@H](C)C(=O)c2cc(C)c(C)cc2C)o1. The van der Waals surface area contributed by atoms with Gasteiger partial charge in [-0.2, -0.15) is 0 Å². The van der Waals surface area contributed by atoms with Crippen molar-refractivity contribution in [2.75, 3.05) is 0 Å². The summed E-state index contributed by atoms with van der Waals surface area (Å²) in [7, 11) is 0. The molecule has 0 saturated heterocycles. The Balaban J connectivity index is 2.16. The van der Waals surface area contributed by atoms with E-state index in [1.54, 1.807) is 19.9 Å². The average Bonchev–Trinajstić information content (AvgIpc) is 2.88. The van der Waals surface area contributed by atoms with Crippen LogP contribution in [0.4, 0.5) is 0 Å². The molecule has 116 valence electrons. The summed E-state index contributed by atoms with van der Waals surface area (Å²) in [5.74, 6) is -0.113. The van der Waals surface area contributed by atoms with Gasteiger partial charge >= 0.3 is 5.97 Å². The third kappa shape index (κ3) is 3.27. The van der Waals surface area contributed by atoms with Gasteiger partial charge in [0, 0.05) is 5.56 Å². The lowest BCUT2D eigenvalue weighted by molar-refractivity contribution is 0.0288. The third-order valence-corrected chi connectivity index (χ3v) is 3.70. The van der Waals surface area contributed by atoms with E-state index in [0.717, 1.165) is 16.7 Å². The Morgan fingerprint density at radius 1 is 1.00 bits per heavy atom. The number of aryl methyl sites for hydroxylation is 4. The predicted molar refractivity (Wildman–Crippen MR) is 83.3 cm³/mol. The molecule has 4 heteroatoms. The summed E-state index contributed by atoms with van der Waals surface area (Å²) >= 11 is 0. The van der Waals surface area contributed by atoms with Crippen LogP contribution in [0.25, 0.3) is 0 Å². The van der Waals surface area contributed by atoms with Gasteiger partial charge in [-0.05, 0) is 69.5 Å². The largest absolute Gasteiger partial charge is 0.454 e. The molecule has 1 heterocycles. The molecule has 1 aromatic carbocycles. The topological polar surface area (TPSA) is 56.5 Å². The Hall–Kier alpha value is -2.36. The zero-order valence-corrected chi connectivity index (χ0v) is 13.5. The van der Waals surface area contributed by atoms with Crippen LogP contribution in [-0.2, 0) is 4.74 Å². The molecule has 0 aliphatic rings. The summed E-state index contributed by atoms with van der Waals surface area (Å²) < 4.78 is 10.4. The van der Waals surface area contributed by atoms with Gasteiger partial charge in [-0.3, -0.25) is 4.79 Å². The zero-order valence-electron chi connectivity index (χ0n) is 13.5. The highest BCUT2D eigenvalue weighted by atomic mass is 16.6. The first kappa shape index (κ1) is 16.0. The fraction of sp³-hybridized carbons (Fsp3) is 0.333. The number of carbonyl (C=O) groups excluding carboxylic acids is 2. The normalized spacial score (nSPS) is 12.0. The second-order valence-corrected chi connectivity index (χ2v) is 5.57. The zero-order chi connectivity index (χ0) is 16.4. The van der Waals surface area contributed by atoms with Crippen molar-refractivity contribution in [3.05, 3.63) is 58.0 Å². The van der Waals surface area contributed by atoms with E-state index in [0.29, 0.717) is 11.3 Å². The molecule has 0 saturated carbocycles. The lowest BCUT2D eigenvalue weighted by Crippen LogP contribution is -2.25. The second kappa shape index (κ2) is 6.18. The van der Waals surface area contributed by atoms with Crippen molar-refractivity contribution in [2.24, 2.45) is 0 Å². The first-order chi connectivity index (χ1) is 10.3. The molecule has 0 amide bonds. The number of esters is 1. The third-order valence-electron chi connectivity index (χ3n) is 3.70. The summed E-state index contributed by atoms with van der Waals surface area (Å²) in [6.45, 7) is 9.14. The van der Waals surface area contributed by atoms with Crippen molar-refractivity contribution in [3.63, 3.8) is 0 Å². The van der Waals surface area contributed by atoms with Crippen molar-refractivity contribution in [1.82, 2.24) is 0 Å². The average molecular weight is 300 g/mol. The highest BCUT2D eigenvalue weighted by molar-refractivity contribution is 6.02. The Morgan fingerprint density at radius 2 is 1.64 bits per heavy atom. The molecule has 22 heavy (non-hydrogen) atoms. The van der Waals surface area contributed by atoms with Gasteiger partial charge in [-0.1, -0.05) is 6.07 Å². The minimum Gasteiger partial charge on any atom is -0.454 e. The smallest absolute Gasteiger partial charge is 0.374 e. The standard InChI is InChI=1S/C18H20O4/c1-10-8-12(3)15(9-11(10)2)17(19)14(5)22-18(20)16-7-6-13(4)21-16/h6-9,14H,1-5H3/t14-/m0/s1. The number of hydrogen-bond donors (Lipinski definition) is 0. The lowest BCUT2D eigenvalue weighted by atomic mass is 9.96. The van der Waals surface area contributed by atoms with Crippen LogP contribution >= 0.6 is 0 Å². The summed E-state index contributed by atoms with van der Waals surface area (Å²) in [5, 5.41) is 0. The Kier molecular flexibility index (Phi) is 4.50. The maximum Gasteiger partial charge on any atom is 0.374 e. The van der Waals surface area contributed by atoms with Gasteiger partial charge in [0.25, 0.3) is 0 Å². The highest BCUT2D eigenvalue weighted by Gasteiger charge is 2.23. The van der Waals surface area contributed by atoms with E-state index in [9.17, 15) is 9.59 Å². The van der Waals surface area contributed by atoms with E-state index in [1.807, 2.05) is 32.9 Å². The lowest BCUT2D eigenvalue weighted by Gasteiger charge is -2.14. The van der Waals surface area contributed by atoms with Gasteiger partial charge in [0.1, 0.15) is 5.76 Å². The number of Topliss-reactive ketones (excluding diaryl/α,β-unsaturated/α-hetero) is 1. The quantitative estimate of drug-likeness (QED) is 0.634. The fourth-order valence-corrected chi connectivity index (χ4v) is 2.26. The Bertz CT molecular complexity index is 725. The van der Waals surface area contributed by atoms with Crippen LogP contribution < -0.4 is 0 Å². The maximum absolute atomic E-state index is 12.5. The molecular formula is C18H20O4. The van der Waals surface area contributed by atoms with Crippen molar-refractivity contribution in [2.45, 2.75) is 40.7 Å².